The van der Waals surface area contributed by atoms with Crippen LogP contribution >= 0.6 is 0 Å². The molecule has 0 saturated heterocycles. The average molecular weight is 288 g/mol. The van der Waals surface area contributed by atoms with Crippen molar-refractivity contribution in [1.82, 2.24) is 0 Å². The van der Waals surface area contributed by atoms with Gasteiger partial charge in [0.05, 0.1) is 6.54 Å². The van der Waals surface area contributed by atoms with Crippen LogP contribution in [0.3, 0.4) is 0 Å². The molecule has 22 heavy (non-hydrogen) atoms. The Kier molecular flexibility index (Phi) is 6.06. The van der Waals surface area contributed by atoms with Crippen molar-refractivity contribution < 1.29 is 0 Å². The van der Waals surface area contributed by atoms with Gasteiger partial charge in [0, 0.05) is 5.56 Å². The van der Waals surface area contributed by atoms with Crippen LogP contribution in [0, 0.1) is 0 Å². The molecule has 0 spiro atoms. The number of nitrogens with zero attached hydrogens (tertiary/aromatic N) is 2. The number of hydrogen-bond acceptors (Lipinski definition) is 1. The van der Waals surface area contributed by atoms with Crippen molar-refractivity contribution in [2.75, 3.05) is 6.54 Å². The summed E-state index contributed by atoms with van der Waals surface area (Å²) in [5, 5.41) is 0. The van der Waals surface area contributed by atoms with Crippen LogP contribution in [0.1, 0.15) is 18.1 Å². The van der Waals surface area contributed by atoms with E-state index in [2.05, 4.69) is 41.0 Å². The van der Waals surface area contributed by atoms with Crippen LogP contribution in [0.15, 0.2) is 88.4 Å². The highest BCUT2D eigenvalue weighted by molar-refractivity contribution is 6.01. The number of allylic oxidation sites excluding steroid dienone is 1. The van der Waals surface area contributed by atoms with Crippen LogP contribution in [0.4, 0.5) is 0 Å². The van der Waals surface area contributed by atoms with Gasteiger partial charge in [-0.2, -0.15) is 0 Å². The highest BCUT2D eigenvalue weighted by Crippen LogP contribution is 2.10. The Hall–Kier alpha value is -2.74. The first kappa shape index (κ1) is 15.6. The van der Waals surface area contributed by atoms with Crippen molar-refractivity contribution in [2.45, 2.75) is 6.92 Å². The lowest BCUT2D eigenvalue weighted by Gasteiger charge is -2.03. The number of amidine groups is 1. The minimum atomic E-state index is 0.572. The van der Waals surface area contributed by atoms with Gasteiger partial charge < -0.3 is 0 Å². The van der Waals surface area contributed by atoms with E-state index in [-0.39, 0.29) is 0 Å². The van der Waals surface area contributed by atoms with Crippen LogP contribution in [0.2, 0.25) is 0 Å². The number of aliphatic imine (C=N–C) groups is 2. The van der Waals surface area contributed by atoms with E-state index < -0.39 is 0 Å². The summed E-state index contributed by atoms with van der Waals surface area (Å²) >= 11 is 0. The summed E-state index contributed by atoms with van der Waals surface area (Å²) in [7, 11) is 0. The second kappa shape index (κ2) is 8.53. The molecule has 0 aromatic heterocycles. The molecule has 0 N–H and O–H groups in total. The largest absolute Gasteiger partial charge is 0.261 e. The maximum absolute atomic E-state index is 4.60. The van der Waals surface area contributed by atoms with Gasteiger partial charge in [0.15, 0.2) is 5.84 Å². The molecule has 0 unspecified atom stereocenters. The van der Waals surface area contributed by atoms with Crippen LogP contribution in [0.5, 0.6) is 0 Å². The molecule has 0 atom stereocenters. The molecule has 0 bridgehead atoms. The lowest BCUT2D eigenvalue weighted by Crippen LogP contribution is -1.99. The van der Waals surface area contributed by atoms with Gasteiger partial charge in [-0.1, -0.05) is 72.8 Å². The van der Waals surface area contributed by atoms with Crippen molar-refractivity contribution in [3.63, 3.8) is 0 Å². The summed E-state index contributed by atoms with van der Waals surface area (Å²) in [5.74, 6) is 0.670. The second-order valence-corrected chi connectivity index (χ2v) is 4.79. The fraction of sp³-hybridized carbons (Fsp3) is 0.100. The first-order valence-electron chi connectivity index (χ1n) is 7.28. The quantitative estimate of drug-likeness (QED) is 0.429. The molecular formula is C20H20N2. The van der Waals surface area contributed by atoms with Gasteiger partial charge in [-0.25, -0.2) is 4.99 Å². The monoisotopic (exact) mass is 288 g/mol. The van der Waals surface area contributed by atoms with Gasteiger partial charge in [-0.05, 0) is 30.9 Å². The summed E-state index contributed by atoms with van der Waals surface area (Å²) < 4.78 is 0. The third kappa shape index (κ3) is 4.67. The van der Waals surface area contributed by atoms with E-state index in [9.17, 15) is 0 Å². The Morgan fingerprint density at radius 3 is 2.23 bits per heavy atom. The summed E-state index contributed by atoms with van der Waals surface area (Å²) in [6.45, 7) is 6.21. The number of hydrogen-bond donors (Lipinski definition) is 0. The number of benzene rings is 2. The predicted molar refractivity (Wildman–Crippen MR) is 96.6 cm³/mol. The minimum absolute atomic E-state index is 0.572. The summed E-state index contributed by atoms with van der Waals surface area (Å²) in [6, 6.07) is 20.1. The van der Waals surface area contributed by atoms with Gasteiger partial charge >= 0.3 is 0 Å². The van der Waals surface area contributed by atoms with Crippen LogP contribution < -0.4 is 0 Å². The highest BCUT2D eigenvalue weighted by Gasteiger charge is 2.00. The molecule has 2 nitrogen and oxygen atoms in total. The highest BCUT2D eigenvalue weighted by atomic mass is 14.9. The molecule has 0 aliphatic rings. The Morgan fingerprint density at radius 1 is 1.00 bits per heavy atom. The second-order valence-electron chi connectivity index (χ2n) is 4.79. The molecule has 2 aromatic rings. The molecular weight excluding hydrogens is 268 g/mol. The van der Waals surface area contributed by atoms with E-state index >= 15 is 0 Å². The molecule has 0 fully saturated rings. The van der Waals surface area contributed by atoms with Gasteiger partial charge in [0.2, 0.25) is 0 Å². The van der Waals surface area contributed by atoms with E-state index in [1.807, 2.05) is 61.5 Å². The normalized spacial score (nSPS) is 12.6. The molecule has 0 heterocycles. The van der Waals surface area contributed by atoms with Crippen molar-refractivity contribution >= 4 is 18.6 Å². The molecule has 0 radical (unpaired) electrons. The Bertz CT molecular complexity index is 680. The molecule has 2 rings (SSSR count). The van der Waals surface area contributed by atoms with Gasteiger partial charge in [0.1, 0.15) is 0 Å². The van der Waals surface area contributed by atoms with Crippen molar-refractivity contribution in [3.8, 4) is 0 Å². The van der Waals surface area contributed by atoms with Crippen molar-refractivity contribution in [2.24, 2.45) is 9.98 Å². The topological polar surface area (TPSA) is 24.7 Å². The zero-order chi connectivity index (χ0) is 15.6. The maximum atomic E-state index is 4.60. The maximum Gasteiger partial charge on any atom is 0.154 e. The van der Waals surface area contributed by atoms with Crippen LogP contribution in [-0.2, 0) is 0 Å². The van der Waals surface area contributed by atoms with Crippen LogP contribution in [-0.4, -0.2) is 19.1 Å². The van der Waals surface area contributed by atoms with E-state index in [4.69, 9.17) is 0 Å². The standard InChI is InChI=1S/C20H20N2/c1-3-10-18(15-17-11-6-4-7-12-17)16-22-20(21-2)19-13-8-5-9-14-19/h3-15H,2,16H2,1H3/b10-3-,18-15+,22-20?. The summed E-state index contributed by atoms with van der Waals surface area (Å²) in [5.41, 5.74) is 3.28. The molecule has 110 valence electrons. The van der Waals surface area contributed by atoms with Crippen LogP contribution in [0.25, 0.3) is 6.08 Å². The van der Waals surface area contributed by atoms with Crippen molar-refractivity contribution in [1.29, 1.82) is 0 Å². The molecule has 0 saturated carbocycles. The van der Waals surface area contributed by atoms with E-state index in [0.29, 0.717) is 12.4 Å². The molecule has 0 aliphatic carbocycles. The molecule has 2 aromatic carbocycles. The SMILES string of the molecule is C=NC(=NCC(/C=C\C)=C/c1ccccc1)c1ccccc1. The number of rotatable bonds is 5. The van der Waals surface area contributed by atoms with Gasteiger partial charge in [-0.15, -0.1) is 0 Å². The first-order valence-corrected chi connectivity index (χ1v) is 7.28. The minimum Gasteiger partial charge on any atom is -0.261 e. The van der Waals surface area contributed by atoms with E-state index in [1.165, 1.54) is 5.56 Å². The summed E-state index contributed by atoms with van der Waals surface area (Å²) in [6.07, 6.45) is 6.23. The van der Waals surface area contributed by atoms with E-state index in [0.717, 1.165) is 11.1 Å². The fourth-order valence-electron chi connectivity index (χ4n) is 2.11. The average Bonchev–Trinajstić information content (AvgIpc) is 2.57. The van der Waals surface area contributed by atoms with Gasteiger partial charge in [-0.3, -0.25) is 4.99 Å². The Morgan fingerprint density at radius 2 is 1.64 bits per heavy atom. The molecule has 2 heteroatoms. The molecule has 0 aliphatic heterocycles. The lowest BCUT2D eigenvalue weighted by molar-refractivity contribution is 1.18. The lowest BCUT2D eigenvalue weighted by atomic mass is 10.1. The summed E-state index contributed by atoms with van der Waals surface area (Å²) in [4.78, 5) is 8.64. The smallest absolute Gasteiger partial charge is 0.154 e. The Labute approximate surface area is 132 Å². The third-order valence-electron chi connectivity index (χ3n) is 3.13. The first-order chi connectivity index (χ1) is 10.8. The zero-order valence-corrected chi connectivity index (χ0v) is 12.8. The molecule has 0 amide bonds. The zero-order valence-electron chi connectivity index (χ0n) is 12.8. The van der Waals surface area contributed by atoms with Crippen molar-refractivity contribution in [3.05, 3.63) is 89.5 Å². The predicted octanol–water partition coefficient (Wildman–Crippen LogP) is 4.79. The Balaban J connectivity index is 2.23. The van der Waals surface area contributed by atoms with Gasteiger partial charge in [0.25, 0.3) is 0 Å². The third-order valence-corrected chi connectivity index (χ3v) is 3.13. The fourth-order valence-corrected chi connectivity index (χ4v) is 2.11. The van der Waals surface area contributed by atoms with E-state index in [1.54, 1.807) is 0 Å².